The molecule has 0 spiro atoms. The lowest BCUT2D eigenvalue weighted by atomic mass is 10.2. The second-order valence-corrected chi connectivity index (χ2v) is 6.24. The lowest BCUT2D eigenvalue weighted by Crippen LogP contribution is -2.33. The smallest absolute Gasteiger partial charge is 0.301 e. The topological polar surface area (TPSA) is 69.6 Å². The molecule has 1 fully saturated rings. The molecule has 1 aliphatic rings. The molecule has 1 aromatic rings. The summed E-state index contributed by atoms with van der Waals surface area (Å²) in [6.45, 7) is 1.21. The van der Waals surface area contributed by atoms with Gasteiger partial charge in [-0.3, -0.25) is 4.72 Å². The van der Waals surface area contributed by atoms with E-state index in [2.05, 4.69) is 16.6 Å². The van der Waals surface area contributed by atoms with Gasteiger partial charge in [0.1, 0.15) is 0 Å². The predicted octanol–water partition coefficient (Wildman–Crippen LogP) is 1.17. The molecule has 0 saturated carbocycles. The zero-order valence-electron chi connectivity index (χ0n) is 11.2. The fourth-order valence-corrected chi connectivity index (χ4v) is 3.29. The normalized spacial score (nSPS) is 15.7. The molecule has 0 atom stereocenters. The molecule has 0 radical (unpaired) electrons. The van der Waals surface area contributed by atoms with Gasteiger partial charge in [0.25, 0.3) is 0 Å². The van der Waals surface area contributed by atoms with Gasteiger partial charge in [-0.15, -0.1) is 0 Å². The third-order valence-electron chi connectivity index (χ3n) is 3.01. The number of hydrogen-bond acceptors (Lipinski definition) is 3. The molecule has 2 rings (SSSR count). The van der Waals surface area contributed by atoms with Crippen molar-refractivity contribution >= 4 is 15.9 Å². The van der Waals surface area contributed by atoms with E-state index in [0.29, 0.717) is 25.2 Å². The van der Waals surface area contributed by atoms with Crippen molar-refractivity contribution in [3.05, 3.63) is 29.8 Å². The maximum absolute atomic E-state index is 12.1. The summed E-state index contributed by atoms with van der Waals surface area (Å²) in [5.74, 6) is 5.71. The summed E-state index contributed by atoms with van der Waals surface area (Å²) < 4.78 is 28.1. The van der Waals surface area contributed by atoms with Crippen molar-refractivity contribution in [1.29, 1.82) is 0 Å². The Morgan fingerprint density at radius 3 is 2.45 bits per heavy atom. The summed E-state index contributed by atoms with van der Waals surface area (Å²) in [6, 6.07) is 6.89. The molecule has 0 unspecified atom stereocenters. The Balaban J connectivity index is 2.02. The van der Waals surface area contributed by atoms with E-state index in [1.54, 1.807) is 24.3 Å². The Bertz CT molecular complexity index is 594. The number of nitrogens with zero attached hydrogens (tertiary/aromatic N) is 1. The molecule has 1 aromatic carbocycles. The first-order chi connectivity index (χ1) is 9.62. The molecule has 20 heavy (non-hydrogen) atoms. The van der Waals surface area contributed by atoms with Gasteiger partial charge >= 0.3 is 10.2 Å². The number of rotatable bonds is 4. The van der Waals surface area contributed by atoms with Crippen LogP contribution in [-0.4, -0.2) is 37.5 Å². The monoisotopic (exact) mass is 294 g/mol. The zero-order chi connectivity index (χ0) is 14.4. The maximum atomic E-state index is 12.1. The molecule has 0 amide bonds. The SMILES string of the molecule is O=S(=O)(Nc1ccc(C#CCCO)cc1)N1CCCC1. The van der Waals surface area contributed by atoms with Crippen molar-refractivity contribution in [2.24, 2.45) is 0 Å². The van der Waals surface area contributed by atoms with E-state index in [9.17, 15) is 8.42 Å². The predicted molar refractivity (Wildman–Crippen MR) is 78.4 cm³/mol. The zero-order valence-corrected chi connectivity index (χ0v) is 12.0. The Kier molecular flexibility index (Phi) is 5.01. The Morgan fingerprint density at radius 1 is 1.20 bits per heavy atom. The number of nitrogens with one attached hydrogen (secondary N) is 1. The molecule has 108 valence electrons. The minimum atomic E-state index is -3.43. The second-order valence-electron chi connectivity index (χ2n) is 4.57. The number of anilines is 1. The molecule has 0 bridgehead atoms. The van der Waals surface area contributed by atoms with Crippen LogP contribution < -0.4 is 4.72 Å². The van der Waals surface area contributed by atoms with Crippen LogP contribution in [0.3, 0.4) is 0 Å². The van der Waals surface area contributed by atoms with E-state index in [4.69, 9.17) is 5.11 Å². The quantitative estimate of drug-likeness (QED) is 0.819. The van der Waals surface area contributed by atoms with Crippen molar-refractivity contribution in [1.82, 2.24) is 4.31 Å². The van der Waals surface area contributed by atoms with Crippen LogP contribution in [0, 0.1) is 11.8 Å². The van der Waals surface area contributed by atoms with Crippen LogP contribution >= 0.6 is 0 Å². The number of aliphatic hydroxyl groups excluding tert-OH is 1. The summed E-state index contributed by atoms with van der Waals surface area (Å²) in [5.41, 5.74) is 1.33. The van der Waals surface area contributed by atoms with Crippen molar-refractivity contribution in [2.75, 3.05) is 24.4 Å². The van der Waals surface area contributed by atoms with Crippen molar-refractivity contribution < 1.29 is 13.5 Å². The van der Waals surface area contributed by atoms with E-state index in [1.165, 1.54) is 4.31 Å². The van der Waals surface area contributed by atoms with Gasteiger partial charge in [0.05, 0.1) is 6.61 Å². The van der Waals surface area contributed by atoms with Crippen LogP contribution in [0.15, 0.2) is 24.3 Å². The molecule has 1 saturated heterocycles. The molecule has 0 aromatic heterocycles. The van der Waals surface area contributed by atoms with Crippen LogP contribution in [0.2, 0.25) is 0 Å². The van der Waals surface area contributed by atoms with Gasteiger partial charge in [-0.05, 0) is 37.1 Å². The Labute approximate surface area is 119 Å². The third-order valence-corrected chi connectivity index (χ3v) is 4.54. The maximum Gasteiger partial charge on any atom is 0.301 e. The van der Waals surface area contributed by atoms with Crippen LogP contribution in [-0.2, 0) is 10.2 Å². The Hall–Kier alpha value is -1.55. The van der Waals surface area contributed by atoms with Crippen LogP contribution in [0.1, 0.15) is 24.8 Å². The second kappa shape index (κ2) is 6.75. The first-order valence-corrected chi connectivity index (χ1v) is 8.03. The minimum absolute atomic E-state index is 0.0424. The first-order valence-electron chi connectivity index (χ1n) is 6.59. The summed E-state index contributed by atoms with van der Waals surface area (Å²) >= 11 is 0. The third kappa shape index (κ3) is 3.97. The van der Waals surface area contributed by atoms with Crippen LogP contribution in [0.25, 0.3) is 0 Å². The molecule has 1 heterocycles. The van der Waals surface area contributed by atoms with Crippen molar-refractivity contribution in [2.45, 2.75) is 19.3 Å². The van der Waals surface area contributed by atoms with Gasteiger partial charge in [0.2, 0.25) is 0 Å². The van der Waals surface area contributed by atoms with E-state index in [-0.39, 0.29) is 6.61 Å². The fourth-order valence-electron chi connectivity index (χ4n) is 1.98. The van der Waals surface area contributed by atoms with Crippen molar-refractivity contribution in [3.63, 3.8) is 0 Å². The van der Waals surface area contributed by atoms with Gasteiger partial charge in [0.15, 0.2) is 0 Å². The molecule has 2 N–H and O–H groups in total. The number of hydrogen-bond donors (Lipinski definition) is 2. The van der Waals surface area contributed by atoms with E-state index >= 15 is 0 Å². The Morgan fingerprint density at radius 2 is 1.85 bits per heavy atom. The lowest BCUT2D eigenvalue weighted by Gasteiger charge is -2.16. The highest BCUT2D eigenvalue weighted by Crippen LogP contribution is 2.16. The largest absolute Gasteiger partial charge is 0.395 e. The average molecular weight is 294 g/mol. The van der Waals surface area contributed by atoms with Gasteiger partial charge in [-0.1, -0.05) is 11.8 Å². The fraction of sp³-hybridized carbons (Fsp3) is 0.429. The molecular weight excluding hydrogens is 276 g/mol. The van der Waals surface area contributed by atoms with Crippen molar-refractivity contribution in [3.8, 4) is 11.8 Å². The molecular formula is C14H18N2O3S. The standard InChI is InChI=1S/C14H18N2O3S/c17-12-4-1-5-13-6-8-14(9-7-13)15-20(18,19)16-10-2-3-11-16/h6-9,15,17H,2-4,10-12H2. The minimum Gasteiger partial charge on any atom is -0.395 e. The van der Waals surface area contributed by atoms with Crippen LogP contribution in [0.4, 0.5) is 5.69 Å². The molecule has 1 aliphatic heterocycles. The summed E-state index contributed by atoms with van der Waals surface area (Å²) in [4.78, 5) is 0. The summed E-state index contributed by atoms with van der Waals surface area (Å²) in [5, 5.41) is 8.64. The first kappa shape index (κ1) is 14.9. The molecule has 6 heteroatoms. The van der Waals surface area contributed by atoms with Gasteiger partial charge < -0.3 is 5.11 Å². The van der Waals surface area contributed by atoms with E-state index < -0.39 is 10.2 Å². The highest BCUT2D eigenvalue weighted by atomic mass is 32.2. The van der Waals surface area contributed by atoms with Gasteiger partial charge in [-0.25, -0.2) is 0 Å². The molecule has 0 aliphatic carbocycles. The summed E-state index contributed by atoms with van der Waals surface area (Å²) in [7, 11) is -3.43. The highest BCUT2D eigenvalue weighted by molar-refractivity contribution is 7.90. The lowest BCUT2D eigenvalue weighted by molar-refractivity contribution is 0.305. The van der Waals surface area contributed by atoms with E-state index in [1.807, 2.05) is 0 Å². The number of benzene rings is 1. The van der Waals surface area contributed by atoms with Gasteiger partial charge in [0, 0.05) is 30.8 Å². The summed E-state index contributed by atoms with van der Waals surface area (Å²) in [6.07, 6.45) is 2.27. The average Bonchev–Trinajstić information content (AvgIpc) is 2.95. The molecule has 5 nitrogen and oxygen atoms in total. The van der Waals surface area contributed by atoms with Crippen LogP contribution in [0.5, 0.6) is 0 Å². The van der Waals surface area contributed by atoms with Gasteiger partial charge in [-0.2, -0.15) is 12.7 Å². The number of aliphatic hydroxyl groups is 1. The van der Waals surface area contributed by atoms with E-state index in [0.717, 1.165) is 18.4 Å². The highest BCUT2D eigenvalue weighted by Gasteiger charge is 2.24.